The van der Waals surface area contributed by atoms with E-state index in [4.69, 9.17) is 4.74 Å². The molecule has 1 aliphatic heterocycles. The van der Waals surface area contributed by atoms with Gasteiger partial charge in [-0.25, -0.2) is 4.79 Å². The first-order chi connectivity index (χ1) is 15.8. The van der Waals surface area contributed by atoms with Crippen LogP contribution in [0.3, 0.4) is 0 Å². The molecule has 0 spiro atoms. The average molecular weight is 454 g/mol. The van der Waals surface area contributed by atoms with Crippen LogP contribution in [0.25, 0.3) is 0 Å². The predicted octanol–water partition coefficient (Wildman–Crippen LogP) is 3.08. The summed E-state index contributed by atoms with van der Waals surface area (Å²) in [6, 6.07) is 10.5. The molecule has 0 unspecified atom stereocenters. The Morgan fingerprint density at radius 3 is 2.27 bits per heavy atom. The molecule has 3 rings (SSSR count). The maximum absolute atomic E-state index is 12.4. The number of benzene rings is 2. The Hall–Kier alpha value is -3.95. The van der Waals surface area contributed by atoms with Crippen molar-refractivity contribution in [3.63, 3.8) is 0 Å². The second-order valence-corrected chi connectivity index (χ2v) is 7.91. The molecule has 33 heavy (non-hydrogen) atoms. The lowest BCUT2D eigenvalue weighted by Gasteiger charge is -2.28. The standard InChI is InChI=1S/C23H26N4O6/c1-25(2)22(29)16-6-9-18(10-7-16)24-21(28)15-33-23(30)17-8-11-19(20(14-17)27(31)32)26-12-4-3-5-13-26/h6-11,14H,3-5,12-13,15H2,1-2H3,(H,24,28). The van der Waals surface area contributed by atoms with E-state index in [1.807, 2.05) is 4.90 Å². The van der Waals surface area contributed by atoms with Crippen molar-refractivity contribution >= 4 is 34.8 Å². The van der Waals surface area contributed by atoms with Crippen LogP contribution in [0.2, 0.25) is 0 Å². The zero-order chi connectivity index (χ0) is 24.0. The molecule has 0 aliphatic carbocycles. The van der Waals surface area contributed by atoms with Crippen molar-refractivity contribution < 1.29 is 24.0 Å². The molecular weight excluding hydrogens is 428 g/mol. The third-order valence-corrected chi connectivity index (χ3v) is 5.26. The van der Waals surface area contributed by atoms with Gasteiger partial charge in [0.1, 0.15) is 5.69 Å². The van der Waals surface area contributed by atoms with E-state index in [2.05, 4.69) is 5.32 Å². The largest absolute Gasteiger partial charge is 0.452 e. The molecule has 0 bridgehead atoms. The van der Waals surface area contributed by atoms with Crippen molar-refractivity contribution in [1.82, 2.24) is 4.90 Å². The van der Waals surface area contributed by atoms with Gasteiger partial charge in [0.2, 0.25) is 0 Å². The van der Waals surface area contributed by atoms with Gasteiger partial charge in [0.05, 0.1) is 10.5 Å². The molecular formula is C23H26N4O6. The van der Waals surface area contributed by atoms with Crippen molar-refractivity contribution in [2.45, 2.75) is 19.3 Å². The molecule has 2 aromatic carbocycles. The second kappa shape index (κ2) is 10.6. The SMILES string of the molecule is CN(C)C(=O)c1ccc(NC(=O)COC(=O)c2ccc(N3CCCCC3)c([N+](=O)[O-])c2)cc1. The van der Waals surface area contributed by atoms with E-state index < -0.39 is 23.4 Å². The number of carbonyl (C=O) groups is 3. The van der Waals surface area contributed by atoms with Gasteiger partial charge in [0, 0.05) is 44.5 Å². The molecule has 0 saturated carbocycles. The fourth-order valence-corrected chi connectivity index (χ4v) is 3.56. The van der Waals surface area contributed by atoms with Crippen LogP contribution in [0.4, 0.5) is 17.1 Å². The van der Waals surface area contributed by atoms with E-state index >= 15 is 0 Å². The Labute approximate surface area is 191 Å². The lowest BCUT2D eigenvalue weighted by Crippen LogP contribution is -2.30. The minimum Gasteiger partial charge on any atom is -0.452 e. The number of nitro groups is 1. The summed E-state index contributed by atoms with van der Waals surface area (Å²) >= 11 is 0. The Bertz CT molecular complexity index is 1050. The maximum atomic E-state index is 12.4. The minimum absolute atomic E-state index is 0.00168. The highest BCUT2D eigenvalue weighted by molar-refractivity contribution is 5.97. The number of carbonyl (C=O) groups excluding carboxylic acids is 3. The normalized spacial score (nSPS) is 13.2. The Morgan fingerprint density at radius 1 is 1.03 bits per heavy atom. The van der Waals surface area contributed by atoms with Crippen LogP contribution in [0.5, 0.6) is 0 Å². The smallest absolute Gasteiger partial charge is 0.338 e. The number of nitro benzene ring substituents is 1. The highest BCUT2D eigenvalue weighted by Gasteiger charge is 2.24. The fourth-order valence-electron chi connectivity index (χ4n) is 3.56. The number of amides is 2. The lowest BCUT2D eigenvalue weighted by molar-refractivity contribution is -0.384. The van der Waals surface area contributed by atoms with Crippen LogP contribution < -0.4 is 10.2 Å². The molecule has 0 atom stereocenters. The Balaban J connectivity index is 1.59. The van der Waals surface area contributed by atoms with E-state index in [1.54, 1.807) is 44.4 Å². The molecule has 1 saturated heterocycles. The monoisotopic (exact) mass is 454 g/mol. The van der Waals surface area contributed by atoms with Gasteiger partial charge >= 0.3 is 5.97 Å². The summed E-state index contributed by atoms with van der Waals surface area (Å²) in [7, 11) is 3.28. The molecule has 0 radical (unpaired) electrons. The van der Waals surface area contributed by atoms with Crippen LogP contribution >= 0.6 is 0 Å². The summed E-state index contributed by atoms with van der Waals surface area (Å²) < 4.78 is 5.03. The summed E-state index contributed by atoms with van der Waals surface area (Å²) in [6.45, 7) is 0.906. The van der Waals surface area contributed by atoms with Crippen molar-refractivity contribution in [3.05, 3.63) is 63.7 Å². The second-order valence-electron chi connectivity index (χ2n) is 7.91. The molecule has 1 aliphatic rings. The summed E-state index contributed by atoms with van der Waals surface area (Å²) in [4.78, 5) is 50.8. The molecule has 10 nitrogen and oxygen atoms in total. The fraction of sp³-hybridized carbons (Fsp3) is 0.348. The van der Waals surface area contributed by atoms with Crippen LogP contribution in [-0.2, 0) is 9.53 Å². The molecule has 2 aromatic rings. The highest BCUT2D eigenvalue weighted by Crippen LogP contribution is 2.31. The van der Waals surface area contributed by atoms with Gasteiger partial charge in [-0.2, -0.15) is 0 Å². The quantitative estimate of drug-likeness (QED) is 0.387. The van der Waals surface area contributed by atoms with Crippen molar-refractivity contribution in [1.29, 1.82) is 0 Å². The first-order valence-electron chi connectivity index (χ1n) is 10.6. The number of esters is 1. The van der Waals surface area contributed by atoms with Gasteiger partial charge in [0.25, 0.3) is 17.5 Å². The lowest BCUT2D eigenvalue weighted by atomic mass is 10.1. The first-order valence-corrected chi connectivity index (χ1v) is 10.6. The molecule has 0 aromatic heterocycles. The van der Waals surface area contributed by atoms with Gasteiger partial charge in [0.15, 0.2) is 6.61 Å². The third kappa shape index (κ3) is 6.06. The molecule has 1 fully saturated rings. The maximum Gasteiger partial charge on any atom is 0.338 e. The number of hydrogen-bond donors (Lipinski definition) is 1. The van der Waals surface area contributed by atoms with Crippen LogP contribution in [0.1, 0.15) is 40.0 Å². The van der Waals surface area contributed by atoms with Crippen LogP contribution in [-0.4, -0.2) is 61.4 Å². The van der Waals surface area contributed by atoms with Crippen molar-refractivity contribution in [3.8, 4) is 0 Å². The summed E-state index contributed by atoms with van der Waals surface area (Å²) in [5.41, 5.74) is 1.22. The zero-order valence-electron chi connectivity index (χ0n) is 18.6. The van der Waals surface area contributed by atoms with E-state index in [9.17, 15) is 24.5 Å². The number of anilines is 2. The molecule has 1 N–H and O–H groups in total. The van der Waals surface area contributed by atoms with Gasteiger partial charge in [-0.15, -0.1) is 0 Å². The minimum atomic E-state index is -0.828. The van der Waals surface area contributed by atoms with Gasteiger partial charge in [-0.05, 0) is 55.7 Å². The van der Waals surface area contributed by atoms with E-state index in [1.165, 1.54) is 17.0 Å². The summed E-state index contributed by atoms with van der Waals surface area (Å²) in [5, 5.41) is 14.1. The number of nitrogens with zero attached hydrogens (tertiary/aromatic N) is 3. The molecule has 2 amide bonds. The van der Waals surface area contributed by atoms with E-state index in [0.29, 0.717) is 16.9 Å². The summed E-state index contributed by atoms with van der Waals surface area (Å²) in [6.07, 6.45) is 3.02. The average Bonchev–Trinajstić information content (AvgIpc) is 2.82. The number of nitrogens with one attached hydrogen (secondary N) is 1. The number of piperidine rings is 1. The topological polar surface area (TPSA) is 122 Å². The summed E-state index contributed by atoms with van der Waals surface area (Å²) in [5.74, 6) is -1.57. The van der Waals surface area contributed by atoms with Gasteiger partial charge in [-0.3, -0.25) is 19.7 Å². The molecule has 174 valence electrons. The van der Waals surface area contributed by atoms with Crippen LogP contribution in [0, 0.1) is 10.1 Å². The van der Waals surface area contributed by atoms with Crippen LogP contribution in [0.15, 0.2) is 42.5 Å². The van der Waals surface area contributed by atoms with Gasteiger partial charge < -0.3 is 19.9 Å². The van der Waals surface area contributed by atoms with E-state index in [0.717, 1.165) is 32.4 Å². The number of ether oxygens (including phenoxy) is 1. The molecule has 1 heterocycles. The van der Waals surface area contributed by atoms with Crippen molar-refractivity contribution in [2.24, 2.45) is 0 Å². The Kier molecular flexibility index (Phi) is 7.60. The number of rotatable bonds is 7. The van der Waals surface area contributed by atoms with Gasteiger partial charge in [-0.1, -0.05) is 0 Å². The van der Waals surface area contributed by atoms with Crippen molar-refractivity contribution in [2.75, 3.05) is 44.0 Å². The third-order valence-electron chi connectivity index (χ3n) is 5.26. The Morgan fingerprint density at radius 2 is 1.67 bits per heavy atom. The zero-order valence-corrected chi connectivity index (χ0v) is 18.6. The molecule has 10 heteroatoms. The van der Waals surface area contributed by atoms with E-state index in [-0.39, 0.29) is 17.2 Å². The predicted molar refractivity (Wildman–Crippen MR) is 123 cm³/mol. The highest BCUT2D eigenvalue weighted by atomic mass is 16.6. The first kappa shape index (κ1) is 23.7. The number of hydrogen-bond acceptors (Lipinski definition) is 7.